The molecule has 0 aliphatic rings. The van der Waals surface area contributed by atoms with Gasteiger partial charge in [-0.1, -0.05) is 42.5 Å². The topological polar surface area (TPSA) is 83.8 Å². The van der Waals surface area contributed by atoms with Gasteiger partial charge in [0.1, 0.15) is 11.3 Å². The van der Waals surface area contributed by atoms with Crippen LogP contribution in [0.5, 0.6) is 5.75 Å². The maximum absolute atomic E-state index is 11.2. The molecule has 0 aliphatic carbocycles. The van der Waals surface area contributed by atoms with Crippen molar-refractivity contribution in [3.05, 3.63) is 100 Å². The van der Waals surface area contributed by atoms with Crippen LogP contribution in [-0.4, -0.2) is 29.3 Å². The fraction of sp³-hybridized carbons (Fsp3) is 0.200. The molecule has 0 heterocycles. The van der Waals surface area contributed by atoms with Gasteiger partial charge in [-0.05, 0) is 72.2 Å². The molecule has 154 valence electrons. The third-order valence-electron chi connectivity index (χ3n) is 5.12. The molecule has 0 atom stereocenters. The number of carboxylic acids is 2. The van der Waals surface area contributed by atoms with Gasteiger partial charge in [0.15, 0.2) is 0 Å². The summed E-state index contributed by atoms with van der Waals surface area (Å²) in [6.45, 7) is 0. The van der Waals surface area contributed by atoms with E-state index >= 15 is 0 Å². The van der Waals surface area contributed by atoms with Crippen LogP contribution in [0, 0.1) is 0 Å². The quantitative estimate of drug-likeness (QED) is 0.542. The molecule has 0 saturated heterocycles. The van der Waals surface area contributed by atoms with Crippen LogP contribution < -0.4 is 4.74 Å². The van der Waals surface area contributed by atoms with Gasteiger partial charge in [-0.3, -0.25) is 0 Å². The summed E-state index contributed by atoms with van der Waals surface area (Å²) in [5.41, 5.74) is 5.06. The maximum Gasteiger partial charge on any atom is 0.339 e. The average molecular weight is 404 g/mol. The van der Waals surface area contributed by atoms with Gasteiger partial charge < -0.3 is 14.9 Å². The van der Waals surface area contributed by atoms with E-state index < -0.39 is 11.9 Å². The van der Waals surface area contributed by atoms with Gasteiger partial charge in [-0.15, -0.1) is 0 Å². The summed E-state index contributed by atoms with van der Waals surface area (Å²) >= 11 is 0. The van der Waals surface area contributed by atoms with Crippen LogP contribution in [0.15, 0.2) is 66.7 Å². The van der Waals surface area contributed by atoms with E-state index in [1.54, 1.807) is 24.3 Å². The van der Waals surface area contributed by atoms with Crippen LogP contribution in [0.1, 0.15) is 43.0 Å². The molecule has 3 aromatic rings. The van der Waals surface area contributed by atoms with Gasteiger partial charge in [-0.2, -0.15) is 0 Å². The van der Waals surface area contributed by atoms with Gasteiger partial charge >= 0.3 is 11.9 Å². The van der Waals surface area contributed by atoms with Crippen molar-refractivity contribution in [2.45, 2.75) is 25.7 Å². The first-order chi connectivity index (χ1) is 14.5. The molecule has 0 aliphatic heterocycles. The van der Waals surface area contributed by atoms with E-state index in [2.05, 4.69) is 24.3 Å². The molecule has 5 nitrogen and oxygen atoms in total. The van der Waals surface area contributed by atoms with E-state index in [4.69, 9.17) is 14.9 Å². The first-order valence-electron chi connectivity index (χ1n) is 9.76. The van der Waals surface area contributed by atoms with Crippen molar-refractivity contribution >= 4 is 11.9 Å². The molecular weight excluding hydrogens is 380 g/mol. The lowest BCUT2D eigenvalue weighted by atomic mass is 9.99. The summed E-state index contributed by atoms with van der Waals surface area (Å²) in [7, 11) is 1.48. The number of rotatable bonds is 9. The largest absolute Gasteiger partial charge is 0.496 e. The van der Waals surface area contributed by atoms with Crippen LogP contribution in [0.3, 0.4) is 0 Å². The predicted molar refractivity (Wildman–Crippen MR) is 115 cm³/mol. The van der Waals surface area contributed by atoms with Crippen molar-refractivity contribution in [2.24, 2.45) is 0 Å². The Bertz CT molecular complexity index is 1020. The van der Waals surface area contributed by atoms with Gasteiger partial charge in [-0.25, -0.2) is 9.59 Å². The lowest BCUT2D eigenvalue weighted by Crippen LogP contribution is -2.02. The Morgan fingerprint density at radius 3 is 1.53 bits per heavy atom. The Balaban J connectivity index is 1.54. The second-order valence-corrected chi connectivity index (χ2v) is 7.16. The minimum absolute atomic E-state index is 0.170. The highest BCUT2D eigenvalue weighted by Gasteiger charge is 2.11. The Hall–Kier alpha value is -3.60. The van der Waals surface area contributed by atoms with Gasteiger partial charge in [0.2, 0.25) is 0 Å². The fourth-order valence-corrected chi connectivity index (χ4v) is 3.33. The molecule has 30 heavy (non-hydrogen) atoms. The molecular formula is C25H24O5. The van der Waals surface area contributed by atoms with Crippen molar-refractivity contribution in [1.82, 2.24) is 0 Å². The summed E-state index contributed by atoms with van der Waals surface area (Å²) in [5, 5.41) is 18.1. The molecule has 2 N–H and O–H groups in total. The molecule has 5 heteroatoms. The lowest BCUT2D eigenvalue weighted by Gasteiger charge is -2.09. The molecule has 0 bridgehead atoms. The monoisotopic (exact) mass is 404 g/mol. The Morgan fingerprint density at radius 1 is 0.667 bits per heavy atom. The normalized spacial score (nSPS) is 10.6. The average Bonchev–Trinajstić information content (AvgIpc) is 2.76. The number of carboxylic acid groups (broad SMARTS) is 2. The highest BCUT2D eigenvalue weighted by atomic mass is 16.5. The Morgan fingerprint density at radius 2 is 1.10 bits per heavy atom. The summed E-state index contributed by atoms with van der Waals surface area (Å²) < 4.78 is 5.19. The lowest BCUT2D eigenvalue weighted by molar-refractivity contribution is 0.0684. The van der Waals surface area contributed by atoms with Crippen molar-refractivity contribution in [2.75, 3.05) is 7.11 Å². The standard InChI is InChI=1S/C25H24O5/c1-30-23-16-20(12-15-22(23)25(28)29)9-8-18-4-2-17(3-5-18)6-7-19-10-13-21(14-11-19)24(26)27/h2-5,10-16H,6-9H2,1H3,(H,26,27)(H,28,29). The van der Waals surface area contributed by atoms with Crippen LogP contribution >= 0.6 is 0 Å². The molecule has 0 radical (unpaired) electrons. The zero-order chi connectivity index (χ0) is 21.5. The molecule has 0 spiro atoms. The van der Waals surface area contributed by atoms with Gasteiger partial charge in [0, 0.05) is 0 Å². The van der Waals surface area contributed by atoms with Crippen LogP contribution in [0.2, 0.25) is 0 Å². The molecule has 0 saturated carbocycles. The van der Waals surface area contributed by atoms with Gasteiger partial charge in [0.25, 0.3) is 0 Å². The second kappa shape index (κ2) is 9.74. The number of ether oxygens (including phenoxy) is 1. The first kappa shape index (κ1) is 21.1. The van der Waals surface area contributed by atoms with E-state index in [0.717, 1.165) is 36.8 Å². The van der Waals surface area contributed by atoms with Crippen LogP contribution in [0.4, 0.5) is 0 Å². The number of hydrogen-bond donors (Lipinski definition) is 2. The number of benzene rings is 3. The molecule has 0 fully saturated rings. The molecule has 0 unspecified atom stereocenters. The zero-order valence-electron chi connectivity index (χ0n) is 16.8. The number of carbonyl (C=O) groups is 2. The second-order valence-electron chi connectivity index (χ2n) is 7.16. The third kappa shape index (κ3) is 5.47. The molecule has 3 aromatic carbocycles. The third-order valence-corrected chi connectivity index (χ3v) is 5.12. The molecule has 3 rings (SSSR count). The molecule has 0 amide bonds. The maximum atomic E-state index is 11.2. The first-order valence-corrected chi connectivity index (χ1v) is 9.76. The summed E-state index contributed by atoms with van der Waals surface area (Å²) in [4.78, 5) is 22.1. The van der Waals surface area contributed by atoms with E-state index in [1.165, 1.54) is 18.2 Å². The molecule has 0 aromatic heterocycles. The minimum atomic E-state index is -0.994. The Kier molecular flexibility index (Phi) is 6.86. The van der Waals surface area contributed by atoms with Crippen molar-refractivity contribution < 1.29 is 24.5 Å². The summed E-state index contributed by atoms with van der Waals surface area (Å²) in [6, 6.07) is 20.7. The summed E-state index contributed by atoms with van der Waals surface area (Å²) in [6.07, 6.45) is 3.40. The SMILES string of the molecule is COc1cc(CCc2ccc(CCc3ccc(C(=O)O)cc3)cc2)ccc1C(=O)O. The van der Waals surface area contributed by atoms with Crippen molar-refractivity contribution in [3.8, 4) is 5.75 Å². The minimum Gasteiger partial charge on any atom is -0.496 e. The van der Waals surface area contributed by atoms with Crippen LogP contribution in [-0.2, 0) is 25.7 Å². The van der Waals surface area contributed by atoms with Gasteiger partial charge in [0.05, 0.1) is 12.7 Å². The highest BCUT2D eigenvalue weighted by Crippen LogP contribution is 2.21. The van der Waals surface area contributed by atoms with Crippen molar-refractivity contribution in [3.63, 3.8) is 0 Å². The van der Waals surface area contributed by atoms with Crippen molar-refractivity contribution in [1.29, 1.82) is 0 Å². The number of aromatic carboxylic acids is 2. The number of aryl methyl sites for hydroxylation is 4. The van der Waals surface area contributed by atoms with Crippen LogP contribution in [0.25, 0.3) is 0 Å². The van der Waals surface area contributed by atoms with E-state index in [0.29, 0.717) is 11.3 Å². The predicted octanol–water partition coefficient (Wildman–Crippen LogP) is 4.66. The Labute approximate surface area is 175 Å². The smallest absolute Gasteiger partial charge is 0.339 e. The van der Waals surface area contributed by atoms with E-state index in [9.17, 15) is 9.59 Å². The summed E-state index contributed by atoms with van der Waals surface area (Å²) in [5.74, 6) is -1.52. The number of methoxy groups -OCH3 is 1. The zero-order valence-corrected chi connectivity index (χ0v) is 16.8. The number of hydrogen-bond acceptors (Lipinski definition) is 3. The van der Waals surface area contributed by atoms with E-state index in [-0.39, 0.29) is 5.56 Å². The fourth-order valence-electron chi connectivity index (χ4n) is 3.33. The van der Waals surface area contributed by atoms with E-state index in [1.807, 2.05) is 18.2 Å². The highest BCUT2D eigenvalue weighted by molar-refractivity contribution is 5.91.